The summed E-state index contributed by atoms with van der Waals surface area (Å²) in [5.74, 6) is 1.45. The highest BCUT2D eigenvalue weighted by molar-refractivity contribution is 5.94. The van der Waals surface area contributed by atoms with Gasteiger partial charge in [-0.3, -0.25) is 9.78 Å². The van der Waals surface area contributed by atoms with Crippen LogP contribution in [0.4, 0.5) is 11.8 Å². The van der Waals surface area contributed by atoms with Gasteiger partial charge in [0.25, 0.3) is 5.91 Å². The Kier molecular flexibility index (Phi) is 6.78. The van der Waals surface area contributed by atoms with Crippen molar-refractivity contribution >= 4 is 17.7 Å². The lowest BCUT2D eigenvalue weighted by molar-refractivity contribution is 0.0712. The molecule has 0 saturated carbocycles. The van der Waals surface area contributed by atoms with Crippen molar-refractivity contribution in [2.75, 3.05) is 25.0 Å². The van der Waals surface area contributed by atoms with E-state index in [1.807, 2.05) is 36.1 Å². The largest absolute Gasteiger partial charge is 0.377 e. The zero-order chi connectivity index (χ0) is 21.5. The Morgan fingerprint density at radius 3 is 2.58 bits per heavy atom. The number of hydrogen-bond donors (Lipinski definition) is 1. The molecule has 4 rings (SSSR count). The van der Waals surface area contributed by atoms with E-state index in [0.29, 0.717) is 43.6 Å². The Bertz CT molecular complexity index is 988. The van der Waals surface area contributed by atoms with Crippen LogP contribution in [-0.2, 0) is 11.3 Å². The van der Waals surface area contributed by atoms with Gasteiger partial charge in [-0.15, -0.1) is 0 Å². The van der Waals surface area contributed by atoms with Crippen molar-refractivity contribution in [1.82, 2.24) is 24.8 Å². The monoisotopic (exact) mass is 418 g/mol. The number of piperidine rings is 1. The fourth-order valence-corrected chi connectivity index (χ4v) is 3.64. The zero-order valence-electron chi connectivity index (χ0n) is 17.6. The number of likely N-dealkylation sites (tertiary alicyclic amines) is 1. The average Bonchev–Trinajstić information content (AvgIpc) is 2.83. The van der Waals surface area contributed by atoms with Crippen LogP contribution in [0.1, 0.15) is 47.3 Å². The smallest absolute Gasteiger partial charge is 0.253 e. The minimum absolute atomic E-state index is 0.0733. The van der Waals surface area contributed by atoms with Crippen molar-refractivity contribution in [3.8, 4) is 0 Å². The lowest BCUT2D eigenvalue weighted by atomic mass is 9.93. The topological polar surface area (TPSA) is 93.1 Å². The molecular formula is C23H26N6O2. The van der Waals surface area contributed by atoms with Gasteiger partial charge in [-0.25, -0.2) is 15.0 Å². The van der Waals surface area contributed by atoms with Crippen LogP contribution in [-0.4, -0.2) is 50.4 Å². The van der Waals surface area contributed by atoms with E-state index >= 15 is 0 Å². The van der Waals surface area contributed by atoms with E-state index in [4.69, 9.17) is 4.74 Å². The molecule has 8 nitrogen and oxygen atoms in total. The van der Waals surface area contributed by atoms with Gasteiger partial charge in [-0.1, -0.05) is 12.1 Å². The minimum atomic E-state index is 0.0733. The number of nitrogens with zero attached hydrogens (tertiary/aromatic N) is 5. The number of carbonyl (C=O) groups excluding carboxylic acids is 1. The van der Waals surface area contributed by atoms with E-state index < -0.39 is 0 Å². The Balaban J connectivity index is 1.34. The lowest BCUT2D eigenvalue weighted by Gasteiger charge is -2.31. The van der Waals surface area contributed by atoms with Crippen LogP contribution in [0.15, 0.2) is 55.1 Å². The summed E-state index contributed by atoms with van der Waals surface area (Å²) in [4.78, 5) is 32.1. The molecule has 1 N–H and O–H groups in total. The standard InChI is InChI=1S/C23H26N6O2/c1-2-31-16-17-4-6-19(7-5-17)22(30)29-12-8-18(9-13-29)20-14-24-15-21(27-20)28-23-25-10-3-11-26-23/h3-7,10-11,14-15,18H,2,8-9,12-13,16H2,1H3,(H,25,26,27,28). The summed E-state index contributed by atoms with van der Waals surface area (Å²) < 4.78 is 5.41. The lowest BCUT2D eigenvalue weighted by Crippen LogP contribution is -2.38. The number of anilines is 2. The number of nitrogens with one attached hydrogen (secondary N) is 1. The van der Waals surface area contributed by atoms with E-state index in [-0.39, 0.29) is 11.8 Å². The van der Waals surface area contributed by atoms with E-state index in [0.717, 1.165) is 24.1 Å². The summed E-state index contributed by atoms with van der Waals surface area (Å²) in [5, 5.41) is 3.08. The van der Waals surface area contributed by atoms with Crippen LogP contribution in [0.3, 0.4) is 0 Å². The molecule has 1 aliphatic heterocycles. The van der Waals surface area contributed by atoms with Crippen LogP contribution in [0.25, 0.3) is 0 Å². The van der Waals surface area contributed by atoms with Crippen molar-refractivity contribution < 1.29 is 9.53 Å². The first kappa shape index (κ1) is 20.9. The summed E-state index contributed by atoms with van der Waals surface area (Å²) in [5.41, 5.74) is 2.71. The number of benzene rings is 1. The van der Waals surface area contributed by atoms with Crippen molar-refractivity contribution in [2.45, 2.75) is 32.3 Å². The van der Waals surface area contributed by atoms with Crippen molar-refractivity contribution in [1.29, 1.82) is 0 Å². The molecule has 8 heteroatoms. The van der Waals surface area contributed by atoms with Gasteiger partial charge in [-0.05, 0) is 43.5 Å². The molecule has 1 amide bonds. The first-order valence-electron chi connectivity index (χ1n) is 10.5. The fourth-order valence-electron chi connectivity index (χ4n) is 3.64. The average molecular weight is 419 g/mol. The molecule has 0 aliphatic carbocycles. The van der Waals surface area contributed by atoms with E-state index in [1.165, 1.54) is 0 Å². The van der Waals surface area contributed by atoms with Gasteiger partial charge in [0.15, 0.2) is 5.82 Å². The Hall–Kier alpha value is -3.39. The Labute approximate surface area is 181 Å². The summed E-state index contributed by atoms with van der Waals surface area (Å²) >= 11 is 0. The molecule has 0 atom stereocenters. The summed E-state index contributed by atoms with van der Waals surface area (Å²) in [6.45, 7) is 4.62. The third-order valence-corrected chi connectivity index (χ3v) is 5.33. The van der Waals surface area contributed by atoms with Gasteiger partial charge in [0.2, 0.25) is 5.95 Å². The highest BCUT2D eigenvalue weighted by atomic mass is 16.5. The molecule has 0 spiro atoms. The summed E-state index contributed by atoms with van der Waals surface area (Å²) in [6.07, 6.45) is 8.52. The van der Waals surface area contributed by atoms with Crippen molar-refractivity contribution in [3.05, 3.63) is 71.9 Å². The second kappa shape index (κ2) is 10.1. The summed E-state index contributed by atoms with van der Waals surface area (Å²) in [7, 11) is 0. The first-order valence-corrected chi connectivity index (χ1v) is 10.5. The second-order valence-electron chi connectivity index (χ2n) is 7.43. The molecule has 160 valence electrons. The number of carbonyl (C=O) groups is 1. The van der Waals surface area contributed by atoms with Crippen molar-refractivity contribution in [2.24, 2.45) is 0 Å². The third-order valence-electron chi connectivity index (χ3n) is 5.33. The minimum Gasteiger partial charge on any atom is -0.377 e. The maximum absolute atomic E-state index is 12.9. The van der Waals surface area contributed by atoms with Gasteiger partial charge in [0.05, 0.1) is 18.5 Å². The highest BCUT2D eigenvalue weighted by Crippen LogP contribution is 2.28. The number of ether oxygens (including phenoxy) is 1. The Morgan fingerprint density at radius 1 is 1.13 bits per heavy atom. The molecule has 1 aromatic carbocycles. The van der Waals surface area contributed by atoms with Gasteiger partial charge >= 0.3 is 0 Å². The predicted octanol–water partition coefficient (Wildman–Crippen LogP) is 3.57. The van der Waals surface area contributed by atoms with Gasteiger partial charge in [0.1, 0.15) is 0 Å². The molecule has 3 heterocycles. The van der Waals surface area contributed by atoms with Crippen LogP contribution in [0.2, 0.25) is 0 Å². The molecule has 3 aromatic rings. The molecule has 0 unspecified atom stereocenters. The fraction of sp³-hybridized carbons (Fsp3) is 0.348. The second-order valence-corrected chi connectivity index (χ2v) is 7.43. The third kappa shape index (κ3) is 5.40. The van der Waals surface area contributed by atoms with Crippen LogP contribution in [0, 0.1) is 0 Å². The van der Waals surface area contributed by atoms with Gasteiger partial charge in [0, 0.05) is 49.8 Å². The highest BCUT2D eigenvalue weighted by Gasteiger charge is 2.25. The summed E-state index contributed by atoms with van der Waals surface area (Å²) in [6, 6.07) is 9.45. The van der Waals surface area contributed by atoms with Crippen LogP contribution < -0.4 is 5.32 Å². The quantitative estimate of drug-likeness (QED) is 0.627. The van der Waals surface area contributed by atoms with Crippen LogP contribution in [0.5, 0.6) is 0 Å². The normalized spacial score (nSPS) is 14.4. The van der Waals surface area contributed by atoms with Gasteiger partial charge in [-0.2, -0.15) is 0 Å². The molecule has 1 fully saturated rings. The maximum atomic E-state index is 12.9. The predicted molar refractivity (Wildman–Crippen MR) is 117 cm³/mol. The first-order chi connectivity index (χ1) is 15.2. The zero-order valence-corrected chi connectivity index (χ0v) is 17.6. The molecule has 0 radical (unpaired) electrons. The van der Waals surface area contributed by atoms with Crippen LogP contribution >= 0.6 is 0 Å². The molecule has 1 saturated heterocycles. The number of amides is 1. The SMILES string of the molecule is CCOCc1ccc(C(=O)N2CCC(c3cncc(Nc4ncccn4)n3)CC2)cc1. The molecular weight excluding hydrogens is 392 g/mol. The number of aromatic nitrogens is 4. The van der Waals surface area contributed by atoms with E-state index in [2.05, 4.69) is 25.3 Å². The molecule has 2 aromatic heterocycles. The van der Waals surface area contributed by atoms with Crippen molar-refractivity contribution in [3.63, 3.8) is 0 Å². The number of rotatable bonds is 7. The van der Waals surface area contributed by atoms with E-state index in [9.17, 15) is 4.79 Å². The van der Waals surface area contributed by atoms with E-state index in [1.54, 1.807) is 30.9 Å². The number of hydrogen-bond acceptors (Lipinski definition) is 7. The molecule has 1 aliphatic rings. The Morgan fingerprint density at radius 2 is 1.87 bits per heavy atom. The molecule has 31 heavy (non-hydrogen) atoms. The molecule has 0 bridgehead atoms. The van der Waals surface area contributed by atoms with Gasteiger partial charge < -0.3 is 15.0 Å². The maximum Gasteiger partial charge on any atom is 0.253 e.